The van der Waals surface area contributed by atoms with Crippen LogP contribution in [0.1, 0.15) is 31.2 Å². The number of rotatable bonds is 7. The number of carbonyl (C=O) groups is 1. The number of ether oxygens (including phenoxy) is 1. The van der Waals surface area contributed by atoms with Crippen molar-refractivity contribution in [2.75, 3.05) is 17.9 Å². The Hall–Kier alpha value is -2.45. The Kier molecular flexibility index (Phi) is 5.31. The summed E-state index contributed by atoms with van der Waals surface area (Å²) >= 11 is 0. The summed E-state index contributed by atoms with van der Waals surface area (Å²) in [6.07, 6.45) is 3.63. The van der Waals surface area contributed by atoms with E-state index in [4.69, 9.17) is 4.74 Å². The molecule has 0 aromatic heterocycles. The molecule has 2 aromatic carbocycles. The highest BCUT2D eigenvalue weighted by atomic mass is 32.2. The molecule has 8 heteroatoms. The number of hydrogen-bond donors (Lipinski definition) is 2. The van der Waals surface area contributed by atoms with Crippen LogP contribution in [0.25, 0.3) is 0 Å². The van der Waals surface area contributed by atoms with Gasteiger partial charge in [0.1, 0.15) is 5.82 Å². The van der Waals surface area contributed by atoms with Crippen LogP contribution >= 0.6 is 0 Å². The normalized spacial score (nSPS) is 20.2. The van der Waals surface area contributed by atoms with Gasteiger partial charge in [-0.05, 0) is 67.6 Å². The molecule has 1 atom stereocenters. The Morgan fingerprint density at radius 2 is 1.79 bits per heavy atom. The minimum absolute atomic E-state index is 0.00681. The Bertz CT molecular complexity index is 980. The number of amides is 1. The largest absolute Gasteiger partial charge is 0.376 e. The zero-order chi connectivity index (χ0) is 20.5. The summed E-state index contributed by atoms with van der Waals surface area (Å²) in [5.41, 5.74) is 0.716. The lowest BCUT2D eigenvalue weighted by atomic mass is 9.94. The zero-order valence-electron chi connectivity index (χ0n) is 15.9. The summed E-state index contributed by atoms with van der Waals surface area (Å²) in [5.74, 6) is -0.506. The van der Waals surface area contributed by atoms with Crippen LogP contribution in [0.4, 0.5) is 10.1 Å². The fourth-order valence-corrected chi connectivity index (χ4v) is 4.70. The van der Waals surface area contributed by atoms with Crippen molar-refractivity contribution in [1.29, 1.82) is 0 Å². The summed E-state index contributed by atoms with van der Waals surface area (Å²) in [4.78, 5) is 12.7. The highest BCUT2D eigenvalue weighted by molar-refractivity contribution is 7.92. The maximum Gasteiger partial charge on any atom is 0.261 e. The van der Waals surface area contributed by atoms with Gasteiger partial charge in [0, 0.05) is 18.8 Å². The van der Waals surface area contributed by atoms with Gasteiger partial charge in [0.2, 0.25) is 5.91 Å². The van der Waals surface area contributed by atoms with Crippen LogP contribution in [-0.4, -0.2) is 33.6 Å². The average molecular weight is 418 g/mol. The van der Waals surface area contributed by atoms with Gasteiger partial charge in [0.15, 0.2) is 0 Å². The minimum atomic E-state index is -3.81. The van der Waals surface area contributed by atoms with Gasteiger partial charge < -0.3 is 10.1 Å². The predicted octanol–water partition coefficient (Wildman–Crippen LogP) is 2.95. The number of benzene rings is 2. The van der Waals surface area contributed by atoms with Crippen molar-refractivity contribution in [3.63, 3.8) is 0 Å². The van der Waals surface area contributed by atoms with Gasteiger partial charge in [-0.2, -0.15) is 0 Å². The number of halogens is 1. The first-order chi connectivity index (χ1) is 13.9. The van der Waals surface area contributed by atoms with Crippen LogP contribution in [-0.2, 0) is 25.0 Å². The second-order valence-electron chi connectivity index (χ2n) is 7.56. The monoisotopic (exact) mass is 418 g/mol. The van der Waals surface area contributed by atoms with Gasteiger partial charge in [-0.15, -0.1) is 0 Å². The van der Waals surface area contributed by atoms with Crippen LogP contribution in [0.5, 0.6) is 0 Å². The van der Waals surface area contributed by atoms with Gasteiger partial charge in [-0.3, -0.25) is 9.52 Å². The summed E-state index contributed by atoms with van der Waals surface area (Å²) in [6.45, 7) is 1.27. The van der Waals surface area contributed by atoms with E-state index in [1.807, 2.05) is 0 Å². The number of hydrogen-bond acceptors (Lipinski definition) is 4. The third kappa shape index (κ3) is 4.28. The van der Waals surface area contributed by atoms with E-state index in [1.54, 1.807) is 24.3 Å². The molecule has 0 radical (unpaired) electrons. The molecule has 6 nitrogen and oxygen atoms in total. The van der Waals surface area contributed by atoms with E-state index in [9.17, 15) is 17.6 Å². The van der Waals surface area contributed by atoms with Crippen molar-refractivity contribution in [2.45, 2.75) is 42.1 Å². The highest BCUT2D eigenvalue weighted by Gasteiger charge is 2.51. The Morgan fingerprint density at radius 3 is 2.38 bits per heavy atom. The minimum Gasteiger partial charge on any atom is -0.376 e. The smallest absolute Gasteiger partial charge is 0.261 e. The number of nitrogens with one attached hydrogen (secondary N) is 2. The van der Waals surface area contributed by atoms with Crippen LogP contribution in [0, 0.1) is 5.82 Å². The quantitative estimate of drug-likeness (QED) is 0.724. The summed E-state index contributed by atoms with van der Waals surface area (Å²) in [7, 11) is -3.81. The molecule has 2 fully saturated rings. The molecule has 2 aliphatic rings. The van der Waals surface area contributed by atoms with E-state index >= 15 is 0 Å². The Balaban J connectivity index is 1.42. The number of carbonyl (C=O) groups excluding carboxylic acids is 1. The van der Waals surface area contributed by atoms with E-state index < -0.39 is 21.3 Å². The maximum absolute atomic E-state index is 13.0. The third-order valence-corrected chi connectivity index (χ3v) is 6.91. The molecule has 1 amide bonds. The van der Waals surface area contributed by atoms with Crippen molar-refractivity contribution in [3.8, 4) is 0 Å². The van der Waals surface area contributed by atoms with Gasteiger partial charge in [-0.1, -0.05) is 12.1 Å². The molecule has 154 valence electrons. The van der Waals surface area contributed by atoms with Crippen molar-refractivity contribution in [2.24, 2.45) is 0 Å². The molecule has 29 heavy (non-hydrogen) atoms. The lowest BCUT2D eigenvalue weighted by Crippen LogP contribution is -2.39. The topological polar surface area (TPSA) is 84.5 Å². The van der Waals surface area contributed by atoms with E-state index in [1.165, 1.54) is 12.1 Å². The average Bonchev–Trinajstić information content (AvgIpc) is 3.35. The van der Waals surface area contributed by atoms with Crippen molar-refractivity contribution in [1.82, 2.24) is 5.32 Å². The van der Waals surface area contributed by atoms with Gasteiger partial charge in [-0.25, -0.2) is 12.8 Å². The van der Waals surface area contributed by atoms with E-state index in [2.05, 4.69) is 10.0 Å². The molecule has 2 aromatic rings. The van der Waals surface area contributed by atoms with E-state index in [0.717, 1.165) is 50.0 Å². The van der Waals surface area contributed by atoms with Crippen LogP contribution in [0.3, 0.4) is 0 Å². The molecule has 0 unspecified atom stereocenters. The fraction of sp³-hybridized carbons (Fsp3) is 0.381. The first-order valence-corrected chi connectivity index (χ1v) is 11.2. The second kappa shape index (κ2) is 7.76. The molecule has 0 spiro atoms. The molecule has 2 N–H and O–H groups in total. The van der Waals surface area contributed by atoms with Gasteiger partial charge >= 0.3 is 0 Å². The summed E-state index contributed by atoms with van der Waals surface area (Å²) in [5, 5.41) is 3.00. The number of anilines is 1. The van der Waals surface area contributed by atoms with E-state index in [-0.39, 0.29) is 16.9 Å². The first-order valence-electron chi connectivity index (χ1n) is 9.68. The molecule has 1 heterocycles. The molecule has 1 aliphatic carbocycles. The molecular weight excluding hydrogens is 395 g/mol. The van der Waals surface area contributed by atoms with Crippen molar-refractivity contribution >= 4 is 21.6 Å². The van der Waals surface area contributed by atoms with Gasteiger partial charge in [0.25, 0.3) is 10.0 Å². The van der Waals surface area contributed by atoms with Crippen molar-refractivity contribution < 1.29 is 22.3 Å². The Labute approximate surface area is 169 Å². The lowest BCUT2D eigenvalue weighted by molar-refractivity contribution is -0.124. The third-order valence-electron chi connectivity index (χ3n) is 5.51. The molecule has 4 rings (SSSR count). The summed E-state index contributed by atoms with van der Waals surface area (Å²) in [6, 6.07) is 11.5. The SMILES string of the molecule is O=C(NC[C@H]1CCCO1)C1(c2ccc(NS(=O)(=O)c3ccc(F)cc3)cc2)CC1. The predicted molar refractivity (Wildman–Crippen MR) is 107 cm³/mol. The lowest BCUT2D eigenvalue weighted by Gasteiger charge is -2.18. The molecule has 1 saturated carbocycles. The highest BCUT2D eigenvalue weighted by Crippen LogP contribution is 2.48. The second-order valence-corrected chi connectivity index (χ2v) is 9.25. The summed E-state index contributed by atoms with van der Waals surface area (Å²) < 4.78 is 45.9. The maximum atomic E-state index is 13.0. The van der Waals surface area contributed by atoms with Gasteiger partial charge in [0.05, 0.1) is 16.4 Å². The number of sulfonamides is 1. The molecule has 0 bridgehead atoms. The standard InChI is InChI=1S/C21H23FN2O4S/c22-16-5-9-19(10-6-16)29(26,27)24-17-7-3-15(4-8-17)21(11-12-21)20(25)23-14-18-2-1-13-28-18/h3-10,18,24H,1-2,11-14H2,(H,23,25)/t18-/m1/s1. The molecular formula is C21H23FN2O4S. The van der Waals surface area contributed by atoms with Crippen LogP contribution in [0.2, 0.25) is 0 Å². The first kappa shape index (κ1) is 19.8. The fourth-order valence-electron chi connectivity index (χ4n) is 3.64. The molecule has 1 saturated heterocycles. The molecule has 1 aliphatic heterocycles. The van der Waals surface area contributed by atoms with Crippen molar-refractivity contribution in [3.05, 3.63) is 59.9 Å². The Morgan fingerprint density at radius 1 is 1.10 bits per heavy atom. The van der Waals surface area contributed by atoms with E-state index in [0.29, 0.717) is 12.2 Å². The van der Waals surface area contributed by atoms with Crippen LogP contribution in [0.15, 0.2) is 53.4 Å². The zero-order valence-corrected chi connectivity index (χ0v) is 16.7. The van der Waals surface area contributed by atoms with Crippen LogP contribution < -0.4 is 10.0 Å².